The predicted molar refractivity (Wildman–Crippen MR) is 81.7 cm³/mol. The molecule has 0 saturated carbocycles. The number of anilines is 2. The minimum atomic E-state index is -4.50. The first kappa shape index (κ1) is 17.7. The van der Waals surface area contributed by atoms with E-state index in [0.717, 1.165) is 6.07 Å². The van der Waals surface area contributed by atoms with Crippen LogP contribution in [-0.4, -0.2) is 72.9 Å². The van der Waals surface area contributed by atoms with Gasteiger partial charge in [-0.2, -0.15) is 18.2 Å². The van der Waals surface area contributed by atoms with E-state index in [1.54, 1.807) is 25.9 Å². The van der Waals surface area contributed by atoms with Crippen molar-refractivity contribution in [3.8, 4) is 0 Å². The number of alkyl halides is 3. The molecule has 1 aliphatic heterocycles. The van der Waals surface area contributed by atoms with Crippen molar-refractivity contribution in [2.24, 2.45) is 0 Å². The smallest absolute Gasteiger partial charge is 0.392 e. The van der Waals surface area contributed by atoms with Crippen LogP contribution in [0.1, 0.15) is 12.6 Å². The van der Waals surface area contributed by atoms with Crippen LogP contribution in [0.15, 0.2) is 6.07 Å². The molecule has 0 aromatic carbocycles. The highest BCUT2D eigenvalue weighted by Gasteiger charge is 2.34. The van der Waals surface area contributed by atoms with Gasteiger partial charge in [0.25, 0.3) is 0 Å². The molecule has 0 unspecified atom stereocenters. The highest BCUT2D eigenvalue weighted by atomic mass is 19.4. The number of piperazine rings is 1. The molecule has 1 N–H and O–H groups in total. The molecule has 2 heterocycles. The molecule has 6 nitrogen and oxygen atoms in total. The molecule has 23 heavy (non-hydrogen) atoms. The number of hydrogen-bond acceptors (Lipinski definition) is 6. The standard InChI is InChI=1S/C14H22F3N5O/c1-10(23)9-21-4-6-22(7-5-21)13-18-11(14(15,16)17)8-12(19-13)20(2)3/h8,10,23H,4-7,9H2,1-3H3/t10-/m1/s1. The minimum absolute atomic E-state index is 0.0974. The molecule has 1 aliphatic rings. The molecule has 0 bridgehead atoms. The minimum Gasteiger partial charge on any atom is -0.392 e. The van der Waals surface area contributed by atoms with E-state index >= 15 is 0 Å². The Morgan fingerprint density at radius 3 is 2.30 bits per heavy atom. The first-order valence-corrected chi connectivity index (χ1v) is 7.46. The van der Waals surface area contributed by atoms with Crippen molar-refractivity contribution in [1.29, 1.82) is 0 Å². The summed E-state index contributed by atoms with van der Waals surface area (Å²) in [5.41, 5.74) is -0.933. The van der Waals surface area contributed by atoms with Gasteiger partial charge in [0.2, 0.25) is 5.95 Å². The van der Waals surface area contributed by atoms with Crippen molar-refractivity contribution >= 4 is 11.8 Å². The Labute approximate surface area is 133 Å². The van der Waals surface area contributed by atoms with Crippen LogP contribution in [0.2, 0.25) is 0 Å². The van der Waals surface area contributed by atoms with Gasteiger partial charge in [0, 0.05) is 52.9 Å². The van der Waals surface area contributed by atoms with Crippen LogP contribution in [-0.2, 0) is 6.18 Å². The molecule has 1 saturated heterocycles. The van der Waals surface area contributed by atoms with Crippen LogP contribution in [0.4, 0.5) is 24.9 Å². The van der Waals surface area contributed by atoms with Crippen molar-refractivity contribution in [3.63, 3.8) is 0 Å². The topological polar surface area (TPSA) is 55.7 Å². The molecular weight excluding hydrogens is 311 g/mol. The first-order valence-electron chi connectivity index (χ1n) is 7.46. The number of rotatable bonds is 4. The Bertz CT molecular complexity index is 528. The fourth-order valence-electron chi connectivity index (χ4n) is 2.44. The Morgan fingerprint density at radius 2 is 1.83 bits per heavy atom. The molecule has 0 aliphatic carbocycles. The maximum atomic E-state index is 13.0. The molecule has 9 heteroatoms. The number of aliphatic hydroxyl groups excluding tert-OH is 1. The van der Waals surface area contributed by atoms with Gasteiger partial charge in [-0.15, -0.1) is 0 Å². The van der Waals surface area contributed by atoms with Crippen molar-refractivity contribution in [3.05, 3.63) is 11.8 Å². The van der Waals surface area contributed by atoms with Gasteiger partial charge in [-0.25, -0.2) is 4.98 Å². The third-order valence-electron chi connectivity index (χ3n) is 3.63. The molecule has 1 aromatic heterocycles. The van der Waals surface area contributed by atoms with E-state index in [2.05, 4.69) is 14.9 Å². The summed E-state index contributed by atoms with van der Waals surface area (Å²) in [5.74, 6) is 0.328. The molecule has 0 radical (unpaired) electrons. The fraction of sp³-hybridized carbons (Fsp3) is 0.714. The number of nitrogens with zero attached hydrogens (tertiary/aromatic N) is 5. The number of aromatic nitrogens is 2. The van der Waals surface area contributed by atoms with E-state index in [1.165, 1.54) is 4.90 Å². The van der Waals surface area contributed by atoms with Gasteiger partial charge < -0.3 is 14.9 Å². The lowest BCUT2D eigenvalue weighted by atomic mass is 10.3. The number of aliphatic hydroxyl groups is 1. The lowest BCUT2D eigenvalue weighted by Gasteiger charge is -2.35. The highest BCUT2D eigenvalue weighted by Crippen LogP contribution is 2.31. The summed E-state index contributed by atoms with van der Waals surface area (Å²) in [6.07, 6.45) is -4.93. The summed E-state index contributed by atoms with van der Waals surface area (Å²) in [6.45, 7) is 4.64. The predicted octanol–water partition coefficient (Wildman–Crippen LogP) is 1.06. The third kappa shape index (κ3) is 4.68. The van der Waals surface area contributed by atoms with Crippen LogP contribution in [0.5, 0.6) is 0 Å². The Hall–Kier alpha value is -1.61. The van der Waals surface area contributed by atoms with E-state index in [9.17, 15) is 18.3 Å². The van der Waals surface area contributed by atoms with Crippen molar-refractivity contribution in [2.75, 3.05) is 56.6 Å². The van der Waals surface area contributed by atoms with E-state index in [1.807, 2.05) is 0 Å². The second-order valence-electron chi connectivity index (χ2n) is 5.94. The van der Waals surface area contributed by atoms with E-state index in [-0.39, 0.29) is 11.8 Å². The van der Waals surface area contributed by atoms with Crippen LogP contribution in [0.3, 0.4) is 0 Å². The Kier molecular flexibility index (Phi) is 5.30. The van der Waals surface area contributed by atoms with Crippen molar-refractivity contribution in [2.45, 2.75) is 19.2 Å². The van der Waals surface area contributed by atoms with Crippen LogP contribution in [0.25, 0.3) is 0 Å². The Morgan fingerprint density at radius 1 is 1.22 bits per heavy atom. The van der Waals surface area contributed by atoms with E-state index in [0.29, 0.717) is 32.7 Å². The summed E-state index contributed by atoms with van der Waals surface area (Å²) in [5, 5.41) is 9.40. The summed E-state index contributed by atoms with van der Waals surface area (Å²) in [4.78, 5) is 13.3. The zero-order chi connectivity index (χ0) is 17.2. The van der Waals surface area contributed by atoms with E-state index in [4.69, 9.17) is 0 Å². The van der Waals surface area contributed by atoms with Crippen molar-refractivity contribution in [1.82, 2.24) is 14.9 Å². The average Bonchev–Trinajstić information content (AvgIpc) is 2.46. The summed E-state index contributed by atoms with van der Waals surface area (Å²) in [6, 6.07) is 0.952. The quantitative estimate of drug-likeness (QED) is 0.889. The van der Waals surface area contributed by atoms with E-state index < -0.39 is 18.0 Å². The molecule has 1 aromatic rings. The summed E-state index contributed by atoms with van der Waals surface area (Å²) >= 11 is 0. The molecule has 0 spiro atoms. The molecule has 1 fully saturated rings. The number of halogens is 3. The normalized spacial score (nSPS) is 18.1. The second-order valence-corrected chi connectivity index (χ2v) is 5.94. The number of β-amino-alcohol motifs (C(OH)–C–C–N with tert-alkyl or cyclic N) is 1. The summed E-state index contributed by atoms with van der Waals surface area (Å²) in [7, 11) is 3.29. The largest absolute Gasteiger partial charge is 0.433 e. The summed E-state index contributed by atoms with van der Waals surface area (Å²) < 4.78 is 39.1. The van der Waals surface area contributed by atoms with Crippen LogP contribution >= 0.6 is 0 Å². The van der Waals surface area contributed by atoms with Gasteiger partial charge in [-0.05, 0) is 6.92 Å². The van der Waals surface area contributed by atoms with Crippen LogP contribution < -0.4 is 9.80 Å². The Balaban J connectivity index is 2.18. The lowest BCUT2D eigenvalue weighted by molar-refractivity contribution is -0.141. The van der Waals surface area contributed by atoms with Gasteiger partial charge in [0.05, 0.1) is 6.10 Å². The van der Waals surface area contributed by atoms with Gasteiger partial charge >= 0.3 is 6.18 Å². The fourth-order valence-corrected chi connectivity index (χ4v) is 2.44. The average molecular weight is 333 g/mol. The lowest BCUT2D eigenvalue weighted by Crippen LogP contribution is -2.49. The monoisotopic (exact) mass is 333 g/mol. The van der Waals surface area contributed by atoms with Crippen LogP contribution in [0, 0.1) is 0 Å². The van der Waals surface area contributed by atoms with Gasteiger partial charge in [0.1, 0.15) is 5.82 Å². The van der Waals surface area contributed by atoms with Gasteiger partial charge in [-0.3, -0.25) is 4.90 Å². The molecule has 2 rings (SSSR count). The van der Waals surface area contributed by atoms with Gasteiger partial charge in [0.15, 0.2) is 5.69 Å². The second kappa shape index (κ2) is 6.88. The SMILES string of the molecule is C[C@@H](O)CN1CCN(c2nc(N(C)C)cc(C(F)(F)F)n2)CC1. The molecule has 0 amide bonds. The highest BCUT2D eigenvalue weighted by molar-refractivity contribution is 5.45. The van der Waals surface area contributed by atoms with Gasteiger partial charge in [-0.1, -0.05) is 0 Å². The molecule has 1 atom stereocenters. The molecule has 130 valence electrons. The van der Waals surface area contributed by atoms with Crippen molar-refractivity contribution < 1.29 is 18.3 Å². The third-order valence-corrected chi connectivity index (χ3v) is 3.63. The number of hydrogen-bond donors (Lipinski definition) is 1. The first-order chi connectivity index (χ1) is 10.7. The zero-order valence-electron chi connectivity index (χ0n) is 13.5. The maximum absolute atomic E-state index is 13.0. The zero-order valence-corrected chi connectivity index (χ0v) is 13.5. The molecular formula is C14H22F3N5O. The maximum Gasteiger partial charge on any atom is 0.433 e.